The average Bonchev–Trinajstić information content (AvgIpc) is 2.81. The number of aromatic nitrogens is 1. The maximum atomic E-state index is 12.4. The molecule has 3 N–H and O–H groups in total. The van der Waals surface area contributed by atoms with Crippen LogP contribution in [0, 0.1) is 13.8 Å². The number of carbonyl (C=O) groups is 1. The van der Waals surface area contributed by atoms with Crippen molar-refractivity contribution in [3.05, 3.63) is 34.5 Å². The van der Waals surface area contributed by atoms with E-state index in [4.69, 9.17) is 26.6 Å². The van der Waals surface area contributed by atoms with Crippen molar-refractivity contribution in [3.63, 3.8) is 0 Å². The molecule has 23 heavy (non-hydrogen) atoms. The predicted octanol–water partition coefficient (Wildman–Crippen LogP) is 1.61. The van der Waals surface area contributed by atoms with E-state index in [0.29, 0.717) is 11.3 Å². The average molecular weight is 360 g/mol. The van der Waals surface area contributed by atoms with Crippen LogP contribution < -0.4 is 15.2 Å². The number of primary amides is 1. The number of hydrogen-bond donors (Lipinski definition) is 2. The summed E-state index contributed by atoms with van der Waals surface area (Å²) < 4.78 is 37.0. The van der Waals surface area contributed by atoms with E-state index >= 15 is 0 Å². The minimum Gasteiger partial charge on any atom is -0.483 e. The molecule has 0 fully saturated rings. The molecule has 0 saturated heterocycles. The lowest BCUT2D eigenvalue weighted by Crippen LogP contribution is -2.20. The van der Waals surface area contributed by atoms with Crippen LogP contribution in [0.5, 0.6) is 5.75 Å². The van der Waals surface area contributed by atoms with Crippen LogP contribution in [0.1, 0.15) is 11.3 Å². The summed E-state index contributed by atoms with van der Waals surface area (Å²) in [4.78, 5) is 10.6. The Bertz CT molecular complexity index is 847. The van der Waals surface area contributed by atoms with Crippen molar-refractivity contribution in [3.8, 4) is 5.75 Å². The second kappa shape index (κ2) is 6.47. The summed E-state index contributed by atoms with van der Waals surface area (Å²) in [6, 6.07) is 4.06. The van der Waals surface area contributed by atoms with Crippen molar-refractivity contribution in [2.24, 2.45) is 5.73 Å². The summed E-state index contributed by atoms with van der Waals surface area (Å²) in [7, 11) is -4.01. The highest BCUT2D eigenvalue weighted by Crippen LogP contribution is 2.31. The first-order chi connectivity index (χ1) is 10.7. The summed E-state index contributed by atoms with van der Waals surface area (Å²) in [5, 5.41) is 3.56. The van der Waals surface area contributed by atoms with Gasteiger partial charge >= 0.3 is 0 Å². The van der Waals surface area contributed by atoms with Crippen molar-refractivity contribution < 1.29 is 22.5 Å². The Hall–Kier alpha value is -2.26. The fraction of sp³-hybridized carbons (Fsp3) is 0.231. The highest BCUT2D eigenvalue weighted by Gasteiger charge is 2.22. The zero-order chi connectivity index (χ0) is 17.2. The van der Waals surface area contributed by atoms with Crippen LogP contribution >= 0.6 is 11.6 Å². The van der Waals surface area contributed by atoms with Gasteiger partial charge in [-0.3, -0.25) is 9.52 Å². The molecule has 0 aliphatic rings. The van der Waals surface area contributed by atoms with Gasteiger partial charge in [-0.2, -0.15) is 0 Å². The van der Waals surface area contributed by atoms with E-state index in [2.05, 4.69) is 9.88 Å². The van der Waals surface area contributed by atoms with Gasteiger partial charge in [-0.1, -0.05) is 16.8 Å². The van der Waals surface area contributed by atoms with Crippen LogP contribution in [0.4, 0.5) is 5.82 Å². The maximum Gasteiger partial charge on any atom is 0.264 e. The van der Waals surface area contributed by atoms with E-state index in [1.807, 2.05) is 0 Å². The van der Waals surface area contributed by atoms with Crippen LogP contribution in [0.15, 0.2) is 27.6 Å². The van der Waals surface area contributed by atoms with Gasteiger partial charge in [-0.25, -0.2) is 8.42 Å². The summed E-state index contributed by atoms with van der Waals surface area (Å²) in [5.41, 5.74) is 5.57. The molecular formula is C13H14ClN3O5S. The Morgan fingerprint density at radius 3 is 2.65 bits per heavy atom. The van der Waals surface area contributed by atoms with E-state index in [0.717, 1.165) is 0 Å². The second-order valence-corrected chi connectivity index (χ2v) is 6.79. The Kier molecular flexibility index (Phi) is 4.81. The standard InChI is InChI=1S/C13H14ClN3O5S/c1-7-3-9(14)11(5-10(7)21-6-12(15)18)23(19,20)17-13-4-8(2)22-16-13/h3-5H,6H2,1-2H3,(H2,15,18)(H,16,17). The van der Waals surface area contributed by atoms with Crippen LogP contribution in [0.3, 0.4) is 0 Å². The van der Waals surface area contributed by atoms with Crippen LogP contribution in [0.2, 0.25) is 5.02 Å². The number of nitrogens with two attached hydrogens (primary N) is 1. The molecule has 10 heteroatoms. The van der Waals surface area contributed by atoms with E-state index < -0.39 is 15.9 Å². The van der Waals surface area contributed by atoms with Crippen molar-refractivity contribution >= 4 is 33.3 Å². The van der Waals surface area contributed by atoms with Gasteiger partial charge in [0.2, 0.25) is 0 Å². The fourth-order valence-corrected chi connectivity index (χ4v) is 3.33. The second-order valence-electron chi connectivity index (χ2n) is 4.73. The third kappa shape index (κ3) is 4.14. The Labute approximate surface area is 137 Å². The van der Waals surface area contributed by atoms with Crippen LogP contribution in [0.25, 0.3) is 0 Å². The lowest BCUT2D eigenvalue weighted by atomic mass is 10.2. The van der Waals surface area contributed by atoms with Crippen LogP contribution in [-0.2, 0) is 14.8 Å². The minimum atomic E-state index is -4.01. The van der Waals surface area contributed by atoms with E-state index in [9.17, 15) is 13.2 Å². The molecule has 2 rings (SSSR count). The highest BCUT2D eigenvalue weighted by molar-refractivity contribution is 7.92. The zero-order valence-electron chi connectivity index (χ0n) is 12.3. The Balaban J connectivity index is 2.36. The fourth-order valence-electron chi connectivity index (χ4n) is 1.75. The SMILES string of the molecule is Cc1cc(NS(=O)(=O)c2cc(OCC(N)=O)c(C)cc2Cl)no1. The summed E-state index contributed by atoms with van der Waals surface area (Å²) >= 11 is 6.01. The minimum absolute atomic E-state index is 0.00152. The molecule has 1 heterocycles. The van der Waals surface area contributed by atoms with Gasteiger partial charge in [0.1, 0.15) is 16.4 Å². The lowest BCUT2D eigenvalue weighted by Gasteiger charge is -2.12. The van der Waals surface area contributed by atoms with Gasteiger partial charge in [-0.05, 0) is 25.5 Å². The lowest BCUT2D eigenvalue weighted by molar-refractivity contribution is -0.119. The number of hydrogen-bond acceptors (Lipinski definition) is 6. The molecule has 1 aromatic heterocycles. The smallest absolute Gasteiger partial charge is 0.264 e. The quantitative estimate of drug-likeness (QED) is 0.807. The van der Waals surface area contributed by atoms with Gasteiger partial charge in [0.15, 0.2) is 12.4 Å². The molecule has 0 saturated carbocycles. The van der Waals surface area contributed by atoms with Crippen molar-refractivity contribution in [1.82, 2.24) is 5.16 Å². The first-order valence-electron chi connectivity index (χ1n) is 6.36. The molecule has 2 aromatic rings. The number of sulfonamides is 1. The first-order valence-corrected chi connectivity index (χ1v) is 8.22. The number of ether oxygens (including phenoxy) is 1. The third-order valence-electron chi connectivity index (χ3n) is 2.76. The number of amides is 1. The molecule has 8 nitrogen and oxygen atoms in total. The molecule has 1 aromatic carbocycles. The first kappa shape index (κ1) is 17.1. The number of carbonyl (C=O) groups excluding carboxylic acids is 1. The number of anilines is 1. The third-order valence-corrected chi connectivity index (χ3v) is 4.58. The highest BCUT2D eigenvalue weighted by atomic mass is 35.5. The topological polar surface area (TPSA) is 125 Å². The van der Waals surface area contributed by atoms with Gasteiger partial charge in [0, 0.05) is 12.1 Å². The molecule has 0 spiro atoms. The van der Waals surface area contributed by atoms with Gasteiger partial charge in [0.25, 0.3) is 15.9 Å². The largest absolute Gasteiger partial charge is 0.483 e. The molecular weight excluding hydrogens is 346 g/mol. The van der Waals surface area contributed by atoms with E-state index in [1.165, 1.54) is 18.2 Å². The Morgan fingerprint density at radius 2 is 2.09 bits per heavy atom. The van der Waals surface area contributed by atoms with Crippen molar-refractivity contribution in [2.45, 2.75) is 18.7 Å². The monoisotopic (exact) mass is 359 g/mol. The van der Waals surface area contributed by atoms with Gasteiger partial charge < -0.3 is 15.0 Å². The molecule has 0 unspecified atom stereocenters. The van der Waals surface area contributed by atoms with Crippen molar-refractivity contribution in [2.75, 3.05) is 11.3 Å². The van der Waals surface area contributed by atoms with Gasteiger partial charge in [0.05, 0.1) is 5.02 Å². The molecule has 0 bridgehead atoms. The summed E-state index contributed by atoms with van der Waals surface area (Å²) in [6.45, 7) is 2.91. The summed E-state index contributed by atoms with van der Waals surface area (Å²) in [6.07, 6.45) is 0. The molecule has 0 aliphatic carbocycles. The number of benzene rings is 1. The number of aryl methyl sites for hydroxylation is 2. The summed E-state index contributed by atoms with van der Waals surface area (Å²) in [5.74, 6) is -0.0215. The number of halogens is 1. The van der Waals surface area contributed by atoms with E-state index in [1.54, 1.807) is 13.8 Å². The number of nitrogens with one attached hydrogen (secondary N) is 1. The van der Waals surface area contributed by atoms with Crippen LogP contribution in [-0.4, -0.2) is 26.1 Å². The Morgan fingerprint density at radius 1 is 1.39 bits per heavy atom. The van der Waals surface area contributed by atoms with E-state index in [-0.39, 0.29) is 28.1 Å². The maximum absolute atomic E-state index is 12.4. The zero-order valence-corrected chi connectivity index (χ0v) is 13.9. The normalized spacial score (nSPS) is 11.3. The molecule has 0 atom stereocenters. The number of rotatable bonds is 6. The molecule has 1 amide bonds. The molecule has 0 radical (unpaired) electrons. The molecule has 0 aliphatic heterocycles. The number of nitrogens with zero attached hydrogens (tertiary/aromatic N) is 1. The predicted molar refractivity (Wildman–Crippen MR) is 82.9 cm³/mol. The molecule has 124 valence electrons. The van der Waals surface area contributed by atoms with Gasteiger partial charge in [-0.15, -0.1) is 0 Å². The van der Waals surface area contributed by atoms with Crippen molar-refractivity contribution in [1.29, 1.82) is 0 Å².